The van der Waals surface area contributed by atoms with Crippen LogP contribution < -0.4 is 4.47 Å². The third kappa shape index (κ3) is 5.33. The molecule has 4 aromatic rings. The van der Waals surface area contributed by atoms with Gasteiger partial charge in [-0.25, -0.2) is 14.8 Å². The zero-order valence-corrected chi connectivity index (χ0v) is 26.6. The van der Waals surface area contributed by atoms with Crippen molar-refractivity contribution in [1.29, 1.82) is 0 Å². The molecule has 1 aliphatic heterocycles. The molecule has 3 aromatic carbocycles. The molecule has 2 amide bonds. The van der Waals surface area contributed by atoms with Crippen molar-refractivity contribution in [1.82, 2.24) is 14.9 Å². The van der Waals surface area contributed by atoms with E-state index < -0.39 is 21.4 Å². The molecule has 2 aliphatic rings. The minimum Gasteiger partial charge on any atom is -0.465 e. The van der Waals surface area contributed by atoms with Gasteiger partial charge >= 0.3 is 5.97 Å². The first-order valence-corrected chi connectivity index (χ1v) is 16.1. The van der Waals surface area contributed by atoms with Crippen molar-refractivity contribution >= 4 is 33.8 Å². The molecular formula is C34H32N4O7S. The molecule has 0 spiro atoms. The lowest BCUT2D eigenvalue weighted by atomic mass is 9.94. The van der Waals surface area contributed by atoms with Crippen LogP contribution in [0.3, 0.4) is 0 Å². The van der Waals surface area contributed by atoms with Crippen LogP contribution in [-0.2, 0) is 25.0 Å². The van der Waals surface area contributed by atoms with Gasteiger partial charge in [0.2, 0.25) is 0 Å². The maximum Gasteiger partial charge on any atom is 0.337 e. The second kappa shape index (κ2) is 11.8. The summed E-state index contributed by atoms with van der Waals surface area (Å²) in [5.41, 5.74) is 4.07. The molecule has 11 nitrogen and oxygen atoms in total. The largest absolute Gasteiger partial charge is 0.465 e. The standard InChI is InChI=1S/C34H32N4O7S/c1-21-9-7-10-22(2)29(21)27-20-28(34(15-16-34)17-18-37-30(39)25-13-5-6-14-26(25)31(37)40)36-33(35-27)38(45-4)46(42,43)24-12-8-11-23(19-24)32(41)44-3/h5-14,19-20H,15-18H2,1-4H3. The first-order chi connectivity index (χ1) is 22.0. The topological polar surface area (TPSA) is 136 Å². The Balaban J connectivity index is 1.41. The van der Waals surface area contributed by atoms with E-state index in [9.17, 15) is 22.8 Å². The van der Waals surface area contributed by atoms with Crippen LogP contribution in [0.5, 0.6) is 0 Å². The second-order valence-corrected chi connectivity index (χ2v) is 13.2. The zero-order valence-electron chi connectivity index (χ0n) is 25.8. The van der Waals surface area contributed by atoms with Crippen LogP contribution in [0.1, 0.15) is 67.2 Å². The fraction of sp³-hybridized carbons (Fsp3) is 0.265. The number of ether oxygens (including phenoxy) is 1. The summed E-state index contributed by atoms with van der Waals surface area (Å²) in [7, 11) is -2.01. The number of aryl methyl sites for hydroxylation is 2. The highest BCUT2D eigenvalue weighted by molar-refractivity contribution is 7.92. The molecule has 236 valence electrons. The first-order valence-electron chi connectivity index (χ1n) is 14.7. The first kappa shape index (κ1) is 31.1. The molecule has 6 rings (SSSR count). The fourth-order valence-electron chi connectivity index (χ4n) is 5.97. The Morgan fingerprint density at radius 3 is 2.11 bits per heavy atom. The lowest BCUT2D eigenvalue weighted by Gasteiger charge is -2.24. The van der Waals surface area contributed by atoms with Gasteiger partial charge in [0.25, 0.3) is 27.8 Å². The summed E-state index contributed by atoms with van der Waals surface area (Å²) in [5.74, 6) is -1.57. The Bertz CT molecular complexity index is 1950. The normalized spacial score (nSPS) is 15.1. The molecule has 0 saturated heterocycles. The number of hydrogen-bond acceptors (Lipinski definition) is 9. The van der Waals surface area contributed by atoms with Gasteiger partial charge in [-0.15, -0.1) is 4.47 Å². The van der Waals surface area contributed by atoms with Gasteiger partial charge in [-0.1, -0.05) is 36.4 Å². The number of rotatable bonds is 10. The molecule has 1 saturated carbocycles. The van der Waals surface area contributed by atoms with Gasteiger partial charge in [0.05, 0.1) is 47.2 Å². The molecule has 0 radical (unpaired) electrons. The van der Waals surface area contributed by atoms with E-state index in [2.05, 4.69) is 0 Å². The minimum atomic E-state index is -4.42. The number of carbonyl (C=O) groups excluding carboxylic acids is 3. The summed E-state index contributed by atoms with van der Waals surface area (Å²) in [6.07, 6.45) is 1.88. The molecular weight excluding hydrogens is 608 g/mol. The van der Waals surface area contributed by atoms with Gasteiger partial charge in [-0.3, -0.25) is 19.3 Å². The SMILES string of the molecule is COC(=O)c1cccc(S(=O)(=O)N(OC)c2nc(-c3c(C)cccc3C)cc(C3(CCN4C(=O)c5ccccc5C4=O)CC3)n2)c1. The van der Waals surface area contributed by atoms with Crippen LogP contribution in [-0.4, -0.2) is 61.8 Å². The van der Waals surface area contributed by atoms with Gasteiger partial charge in [0.1, 0.15) is 0 Å². The smallest absolute Gasteiger partial charge is 0.337 e. The number of anilines is 1. The molecule has 0 N–H and O–H groups in total. The number of benzene rings is 3. The molecule has 46 heavy (non-hydrogen) atoms. The lowest BCUT2D eigenvalue weighted by molar-refractivity contribution is 0.0597. The minimum absolute atomic E-state index is 0.0515. The summed E-state index contributed by atoms with van der Waals surface area (Å²) in [5, 5.41) is 0. The third-order valence-electron chi connectivity index (χ3n) is 8.64. The molecule has 0 bridgehead atoms. The number of esters is 1. The van der Waals surface area contributed by atoms with Crippen molar-refractivity contribution in [2.75, 3.05) is 25.2 Å². The van der Waals surface area contributed by atoms with Crippen molar-refractivity contribution in [3.63, 3.8) is 0 Å². The molecule has 0 unspecified atom stereocenters. The number of nitrogens with zero attached hydrogens (tertiary/aromatic N) is 4. The average molecular weight is 641 g/mol. The van der Waals surface area contributed by atoms with E-state index in [0.29, 0.717) is 33.4 Å². The van der Waals surface area contributed by atoms with Crippen molar-refractivity contribution in [3.05, 3.63) is 106 Å². The average Bonchev–Trinajstić information content (AvgIpc) is 3.81. The van der Waals surface area contributed by atoms with Crippen LogP contribution in [0.15, 0.2) is 77.7 Å². The Morgan fingerprint density at radius 2 is 1.52 bits per heavy atom. The Kier molecular flexibility index (Phi) is 7.95. The van der Waals surface area contributed by atoms with Gasteiger partial charge in [0, 0.05) is 17.5 Å². The number of carbonyl (C=O) groups is 3. The number of aromatic nitrogens is 2. The summed E-state index contributed by atoms with van der Waals surface area (Å²) < 4.78 is 33.3. The Labute approximate surface area is 266 Å². The van der Waals surface area contributed by atoms with Crippen LogP contribution in [0.25, 0.3) is 11.3 Å². The quantitative estimate of drug-likeness (QED) is 0.133. The number of methoxy groups -OCH3 is 1. The number of hydrogen-bond donors (Lipinski definition) is 0. The summed E-state index contributed by atoms with van der Waals surface area (Å²) in [6, 6.07) is 19.9. The highest BCUT2D eigenvalue weighted by atomic mass is 32.2. The van der Waals surface area contributed by atoms with Crippen molar-refractivity contribution < 1.29 is 32.4 Å². The van der Waals surface area contributed by atoms with E-state index in [0.717, 1.165) is 29.5 Å². The van der Waals surface area contributed by atoms with E-state index in [1.54, 1.807) is 24.3 Å². The predicted octanol–water partition coefficient (Wildman–Crippen LogP) is 5.02. The summed E-state index contributed by atoms with van der Waals surface area (Å²) >= 11 is 0. The fourth-order valence-corrected chi connectivity index (χ4v) is 7.18. The number of imide groups is 1. The van der Waals surface area contributed by atoms with Crippen molar-refractivity contribution in [2.24, 2.45) is 0 Å². The van der Waals surface area contributed by atoms with Crippen molar-refractivity contribution in [2.45, 2.75) is 43.4 Å². The van der Waals surface area contributed by atoms with Gasteiger partial charge in [-0.2, -0.15) is 8.42 Å². The molecule has 2 heterocycles. The molecule has 1 aromatic heterocycles. The van der Waals surface area contributed by atoms with E-state index in [4.69, 9.17) is 19.5 Å². The van der Waals surface area contributed by atoms with Crippen LogP contribution in [0.2, 0.25) is 0 Å². The monoisotopic (exact) mass is 640 g/mol. The maximum absolute atomic E-state index is 14.0. The highest BCUT2D eigenvalue weighted by Gasteiger charge is 2.48. The van der Waals surface area contributed by atoms with Gasteiger partial charge in [-0.05, 0) is 80.6 Å². The number of sulfonamides is 1. The molecule has 0 atom stereocenters. The maximum atomic E-state index is 14.0. The highest BCUT2D eigenvalue weighted by Crippen LogP contribution is 2.51. The third-order valence-corrected chi connectivity index (χ3v) is 10.2. The summed E-state index contributed by atoms with van der Waals surface area (Å²) in [6.45, 7) is 4.07. The van der Waals surface area contributed by atoms with E-state index >= 15 is 0 Å². The molecule has 12 heteroatoms. The number of fused-ring (bicyclic) bond motifs is 1. The van der Waals surface area contributed by atoms with E-state index in [-0.39, 0.29) is 34.8 Å². The second-order valence-electron chi connectivity index (χ2n) is 11.5. The Hall–Kier alpha value is -4.94. The van der Waals surface area contributed by atoms with E-state index in [1.807, 2.05) is 38.1 Å². The van der Waals surface area contributed by atoms with Gasteiger partial charge in [0.15, 0.2) is 0 Å². The molecule has 1 fully saturated rings. The zero-order chi connectivity index (χ0) is 32.8. The van der Waals surface area contributed by atoms with Crippen LogP contribution in [0.4, 0.5) is 5.95 Å². The summed E-state index contributed by atoms with van der Waals surface area (Å²) in [4.78, 5) is 54.2. The van der Waals surface area contributed by atoms with E-state index in [1.165, 1.54) is 43.4 Å². The van der Waals surface area contributed by atoms with Gasteiger partial charge < -0.3 is 4.74 Å². The Morgan fingerprint density at radius 1 is 0.891 bits per heavy atom. The van der Waals surface area contributed by atoms with Crippen LogP contribution in [0, 0.1) is 13.8 Å². The van der Waals surface area contributed by atoms with Crippen molar-refractivity contribution in [3.8, 4) is 11.3 Å². The lowest BCUT2D eigenvalue weighted by Crippen LogP contribution is -2.34. The predicted molar refractivity (Wildman–Crippen MR) is 169 cm³/mol. The van der Waals surface area contributed by atoms with Crippen LogP contribution >= 0.6 is 0 Å². The number of amides is 2. The molecule has 1 aliphatic carbocycles.